The molecule has 0 spiro atoms. The Morgan fingerprint density at radius 2 is 1.71 bits per heavy atom. The lowest BCUT2D eigenvalue weighted by atomic mass is 9.83. The number of hydrogen-bond acceptors (Lipinski definition) is 4. The molecule has 0 unspecified atom stereocenters. The number of hydrogen-bond donors (Lipinski definition) is 1. The minimum absolute atomic E-state index is 0.218. The lowest BCUT2D eigenvalue weighted by molar-refractivity contribution is -0.137. The summed E-state index contributed by atoms with van der Waals surface area (Å²) in [5.41, 5.74) is 3.98. The van der Waals surface area contributed by atoms with Crippen LogP contribution in [0.3, 0.4) is 0 Å². The van der Waals surface area contributed by atoms with Gasteiger partial charge in [-0.3, -0.25) is 0 Å². The fraction of sp³-hybridized carbons (Fsp3) is 0.556. The summed E-state index contributed by atoms with van der Waals surface area (Å²) >= 11 is 0. The van der Waals surface area contributed by atoms with Gasteiger partial charge in [0.15, 0.2) is 0 Å². The molecule has 34 heavy (non-hydrogen) atoms. The number of fused-ring (bicyclic) bond motifs is 2. The van der Waals surface area contributed by atoms with Crippen LogP contribution in [0.5, 0.6) is 0 Å². The number of halogens is 3. The van der Waals surface area contributed by atoms with E-state index in [1.165, 1.54) is 68.1 Å². The first kappa shape index (κ1) is 23.3. The molecule has 2 aromatic carbocycles. The fourth-order valence-corrected chi connectivity index (χ4v) is 6.02. The van der Waals surface area contributed by atoms with E-state index in [0.717, 1.165) is 50.0 Å². The number of benzene rings is 2. The van der Waals surface area contributed by atoms with E-state index in [0.29, 0.717) is 12.0 Å². The lowest BCUT2D eigenvalue weighted by Crippen LogP contribution is -2.49. The van der Waals surface area contributed by atoms with Crippen molar-refractivity contribution in [2.24, 2.45) is 16.1 Å². The Balaban J connectivity index is 1.33. The first-order chi connectivity index (χ1) is 16.5. The van der Waals surface area contributed by atoms with Crippen LogP contribution in [0, 0.1) is 5.92 Å². The average molecular weight is 471 g/mol. The number of piperidine rings is 2. The van der Waals surface area contributed by atoms with Crippen LogP contribution in [0.25, 0.3) is 0 Å². The molecule has 2 aromatic rings. The summed E-state index contributed by atoms with van der Waals surface area (Å²) in [6, 6.07) is 9.80. The fourth-order valence-electron chi connectivity index (χ4n) is 6.02. The van der Waals surface area contributed by atoms with Crippen molar-refractivity contribution in [1.29, 1.82) is 0 Å². The third-order valence-electron chi connectivity index (χ3n) is 7.74. The van der Waals surface area contributed by atoms with Gasteiger partial charge in [-0.25, -0.2) is 0 Å². The minimum Gasteiger partial charge on any atom is -0.384 e. The monoisotopic (exact) mass is 470 g/mol. The smallest absolute Gasteiger partial charge is 0.384 e. The second-order valence-electron chi connectivity index (χ2n) is 9.93. The van der Waals surface area contributed by atoms with Gasteiger partial charge in [-0.2, -0.15) is 23.4 Å². The van der Waals surface area contributed by atoms with Crippen molar-refractivity contribution in [1.82, 2.24) is 4.90 Å². The Bertz CT molecular complexity index is 1030. The van der Waals surface area contributed by atoms with Gasteiger partial charge in [-0.15, -0.1) is 0 Å². The van der Waals surface area contributed by atoms with Gasteiger partial charge in [0.05, 0.1) is 16.9 Å². The lowest BCUT2D eigenvalue weighted by Gasteiger charge is -2.44. The highest BCUT2D eigenvalue weighted by Gasteiger charge is 2.33. The van der Waals surface area contributed by atoms with E-state index < -0.39 is 11.7 Å². The Kier molecular flexibility index (Phi) is 6.91. The zero-order chi connectivity index (χ0) is 23.5. The largest absolute Gasteiger partial charge is 0.416 e. The molecule has 0 aromatic heterocycles. The van der Waals surface area contributed by atoms with E-state index in [-0.39, 0.29) is 5.69 Å². The predicted molar refractivity (Wildman–Crippen MR) is 129 cm³/mol. The van der Waals surface area contributed by atoms with Crippen LogP contribution in [-0.4, -0.2) is 30.6 Å². The summed E-state index contributed by atoms with van der Waals surface area (Å²) in [6.07, 6.45) is 6.38. The van der Waals surface area contributed by atoms with Gasteiger partial charge in [0.2, 0.25) is 0 Å². The zero-order valence-electron chi connectivity index (χ0n) is 19.6. The Labute approximate surface area is 199 Å². The quantitative estimate of drug-likeness (QED) is 0.455. The topological polar surface area (TPSA) is 40.0 Å². The molecule has 182 valence electrons. The molecule has 4 nitrogen and oxygen atoms in total. The first-order valence-electron chi connectivity index (χ1n) is 12.7. The van der Waals surface area contributed by atoms with Crippen molar-refractivity contribution in [3.05, 3.63) is 53.1 Å². The predicted octanol–water partition coefficient (Wildman–Crippen LogP) is 7.68. The van der Waals surface area contributed by atoms with Gasteiger partial charge < -0.3 is 10.2 Å². The van der Waals surface area contributed by atoms with Crippen LogP contribution in [0.15, 0.2) is 46.6 Å². The number of nitrogens with one attached hydrogen (secondary N) is 1. The summed E-state index contributed by atoms with van der Waals surface area (Å²) in [5.74, 6) is 0.688. The molecular weight excluding hydrogens is 437 g/mol. The standard InChI is InChI=1S/C27H33F3N4/c28-27(29,30)20-8-5-9-21(17-20)32-33-25-14-13-24(22-10-1-2-11-23(22)25)31-18-19-7-6-16-34-15-4-3-12-26(19)34/h5,8-9,13-14,17,19,26,31H,1-4,6-7,10-12,15-16,18H2/t19-,26+/m1/s1. The minimum atomic E-state index is -4.38. The number of rotatable bonds is 5. The molecule has 7 heteroatoms. The molecule has 1 aliphatic carbocycles. The van der Waals surface area contributed by atoms with Crippen LogP contribution in [0.4, 0.5) is 30.2 Å². The van der Waals surface area contributed by atoms with Crippen LogP contribution >= 0.6 is 0 Å². The summed E-state index contributed by atoms with van der Waals surface area (Å²) in [4.78, 5) is 2.70. The Morgan fingerprint density at radius 1 is 0.882 bits per heavy atom. The van der Waals surface area contributed by atoms with E-state index in [1.807, 2.05) is 6.07 Å². The number of azo groups is 1. The number of alkyl halides is 3. The second-order valence-corrected chi connectivity index (χ2v) is 9.93. The molecule has 0 radical (unpaired) electrons. The molecule has 2 heterocycles. The van der Waals surface area contributed by atoms with Gasteiger partial charge in [0.1, 0.15) is 0 Å². The maximum Gasteiger partial charge on any atom is 0.416 e. The third kappa shape index (κ3) is 5.14. The molecule has 0 saturated carbocycles. The normalized spacial score (nSPS) is 23.5. The summed E-state index contributed by atoms with van der Waals surface area (Å²) < 4.78 is 39.1. The molecule has 2 saturated heterocycles. The molecule has 2 fully saturated rings. The second kappa shape index (κ2) is 10.1. The summed E-state index contributed by atoms with van der Waals surface area (Å²) in [6.45, 7) is 3.50. The average Bonchev–Trinajstić information content (AvgIpc) is 2.86. The van der Waals surface area contributed by atoms with Crippen molar-refractivity contribution >= 4 is 17.1 Å². The Hall–Kier alpha value is -2.41. The van der Waals surface area contributed by atoms with Crippen molar-refractivity contribution in [3.63, 3.8) is 0 Å². The SMILES string of the molecule is FC(F)(F)c1cccc(N=Nc2ccc(NC[C@H]3CCCN4CCCC[C@@H]34)c3c2CCCC3)c1. The summed E-state index contributed by atoms with van der Waals surface area (Å²) in [5, 5.41) is 12.3. The van der Waals surface area contributed by atoms with Gasteiger partial charge >= 0.3 is 6.18 Å². The van der Waals surface area contributed by atoms with E-state index in [9.17, 15) is 13.2 Å². The van der Waals surface area contributed by atoms with Gasteiger partial charge in [0.25, 0.3) is 0 Å². The van der Waals surface area contributed by atoms with Crippen molar-refractivity contribution in [2.75, 3.05) is 25.0 Å². The maximum absolute atomic E-state index is 13.0. The van der Waals surface area contributed by atoms with Gasteiger partial charge in [-0.05, 0) is 112 Å². The van der Waals surface area contributed by atoms with Crippen LogP contribution < -0.4 is 5.32 Å². The molecular formula is C27H33F3N4. The number of anilines is 1. The zero-order valence-corrected chi connectivity index (χ0v) is 19.6. The Morgan fingerprint density at radius 3 is 2.56 bits per heavy atom. The summed E-state index contributed by atoms with van der Waals surface area (Å²) in [7, 11) is 0. The number of nitrogens with zero attached hydrogens (tertiary/aromatic N) is 3. The van der Waals surface area contributed by atoms with E-state index in [4.69, 9.17) is 0 Å². The highest BCUT2D eigenvalue weighted by atomic mass is 19.4. The molecule has 2 aliphatic heterocycles. The van der Waals surface area contributed by atoms with Crippen LogP contribution in [0.2, 0.25) is 0 Å². The molecule has 5 rings (SSSR count). The maximum atomic E-state index is 13.0. The van der Waals surface area contributed by atoms with Gasteiger partial charge in [0, 0.05) is 18.3 Å². The van der Waals surface area contributed by atoms with Gasteiger partial charge in [-0.1, -0.05) is 12.5 Å². The molecule has 3 aliphatic rings. The van der Waals surface area contributed by atoms with Crippen molar-refractivity contribution in [2.45, 2.75) is 70.0 Å². The van der Waals surface area contributed by atoms with Crippen molar-refractivity contribution < 1.29 is 13.2 Å². The van der Waals surface area contributed by atoms with Crippen molar-refractivity contribution in [3.8, 4) is 0 Å². The first-order valence-corrected chi connectivity index (χ1v) is 12.7. The third-order valence-corrected chi connectivity index (χ3v) is 7.74. The van der Waals surface area contributed by atoms with Crippen LogP contribution in [-0.2, 0) is 19.0 Å². The molecule has 1 N–H and O–H groups in total. The van der Waals surface area contributed by atoms with E-state index in [2.05, 4.69) is 26.5 Å². The van der Waals surface area contributed by atoms with Crippen LogP contribution in [0.1, 0.15) is 61.6 Å². The highest BCUT2D eigenvalue weighted by molar-refractivity contribution is 5.64. The van der Waals surface area contributed by atoms with E-state index >= 15 is 0 Å². The highest BCUT2D eigenvalue weighted by Crippen LogP contribution is 2.38. The molecule has 2 atom stereocenters. The van der Waals surface area contributed by atoms with E-state index in [1.54, 1.807) is 6.07 Å². The molecule has 0 amide bonds. The molecule has 0 bridgehead atoms.